The van der Waals surface area contributed by atoms with E-state index in [1.165, 1.54) is 45.3 Å². The summed E-state index contributed by atoms with van der Waals surface area (Å²) in [6.45, 7) is 12.2. The molecule has 122 valence electrons. The summed E-state index contributed by atoms with van der Waals surface area (Å²) in [7, 11) is 0. The third-order valence-electron chi connectivity index (χ3n) is 4.99. The first-order valence-electron chi connectivity index (χ1n) is 8.69. The smallest absolute Gasteiger partial charge is 0.188 e. The molecule has 0 aromatic heterocycles. The number of rotatable bonds is 6. The fourth-order valence-corrected chi connectivity index (χ4v) is 3.41. The summed E-state index contributed by atoms with van der Waals surface area (Å²) in [6.07, 6.45) is 5.22. The van der Waals surface area contributed by atoms with Crippen molar-refractivity contribution < 1.29 is 0 Å². The third-order valence-corrected chi connectivity index (χ3v) is 4.99. The van der Waals surface area contributed by atoms with Gasteiger partial charge in [0.15, 0.2) is 5.96 Å². The first kappa shape index (κ1) is 16.6. The number of likely N-dealkylation sites (tertiary alicyclic amines) is 2. The number of likely N-dealkylation sites (N-methyl/N-ethyl adjacent to an activating group) is 1. The van der Waals surface area contributed by atoms with Crippen molar-refractivity contribution in [3.8, 4) is 0 Å². The zero-order valence-corrected chi connectivity index (χ0v) is 13.9. The number of nitrogens with one attached hydrogen (secondary N) is 1. The van der Waals surface area contributed by atoms with Crippen LogP contribution in [-0.4, -0.2) is 67.6 Å². The topological polar surface area (TPSA) is 56.9 Å². The van der Waals surface area contributed by atoms with Gasteiger partial charge in [-0.15, -0.1) is 0 Å². The highest BCUT2D eigenvalue weighted by Crippen LogP contribution is 2.16. The lowest BCUT2D eigenvalue weighted by molar-refractivity contribution is 0.195. The van der Waals surface area contributed by atoms with Gasteiger partial charge in [0.2, 0.25) is 0 Å². The average molecular weight is 295 g/mol. The van der Waals surface area contributed by atoms with E-state index in [0.717, 1.165) is 32.1 Å². The summed E-state index contributed by atoms with van der Waals surface area (Å²) >= 11 is 0. The van der Waals surface area contributed by atoms with E-state index >= 15 is 0 Å². The molecule has 2 aliphatic heterocycles. The summed E-state index contributed by atoms with van der Waals surface area (Å²) in [5.41, 5.74) is 5.98. The molecule has 0 aliphatic carbocycles. The Morgan fingerprint density at radius 2 is 2.00 bits per heavy atom. The molecule has 3 N–H and O–H groups in total. The number of hydrogen-bond acceptors (Lipinski definition) is 3. The Hall–Kier alpha value is -0.810. The number of aliphatic imine (C=N–C) groups is 1. The van der Waals surface area contributed by atoms with E-state index in [0.29, 0.717) is 12.0 Å². The van der Waals surface area contributed by atoms with Crippen LogP contribution in [0.25, 0.3) is 0 Å². The van der Waals surface area contributed by atoms with Crippen LogP contribution in [0.5, 0.6) is 0 Å². The molecule has 21 heavy (non-hydrogen) atoms. The zero-order valence-electron chi connectivity index (χ0n) is 13.9. The Morgan fingerprint density at radius 1 is 1.24 bits per heavy atom. The minimum Gasteiger partial charge on any atom is -0.370 e. The van der Waals surface area contributed by atoms with E-state index in [1.54, 1.807) is 0 Å². The fourth-order valence-electron chi connectivity index (χ4n) is 3.41. The molecule has 0 spiro atoms. The van der Waals surface area contributed by atoms with Gasteiger partial charge >= 0.3 is 0 Å². The zero-order chi connectivity index (χ0) is 15.1. The highest BCUT2D eigenvalue weighted by Gasteiger charge is 2.22. The van der Waals surface area contributed by atoms with Crippen LogP contribution in [0.3, 0.4) is 0 Å². The second kappa shape index (κ2) is 8.59. The molecule has 2 heterocycles. The molecule has 1 atom stereocenters. The summed E-state index contributed by atoms with van der Waals surface area (Å²) in [5.74, 6) is 1.51. The Labute approximate surface area is 130 Å². The molecule has 2 rings (SSSR count). The van der Waals surface area contributed by atoms with E-state index in [-0.39, 0.29) is 0 Å². The van der Waals surface area contributed by atoms with Crippen LogP contribution in [0.1, 0.15) is 39.5 Å². The maximum atomic E-state index is 5.98. The molecular formula is C16H33N5. The molecule has 0 radical (unpaired) electrons. The first-order chi connectivity index (χ1) is 10.2. The molecule has 5 heteroatoms. The number of piperidine rings is 1. The van der Waals surface area contributed by atoms with Crippen molar-refractivity contribution in [3.05, 3.63) is 0 Å². The number of guanidine groups is 1. The van der Waals surface area contributed by atoms with E-state index < -0.39 is 0 Å². The largest absolute Gasteiger partial charge is 0.370 e. The van der Waals surface area contributed by atoms with Gasteiger partial charge in [-0.3, -0.25) is 9.89 Å². The minimum absolute atomic E-state index is 0.596. The normalized spacial score (nSPS) is 26.4. The standard InChI is InChI=1S/C16H33N5/c1-3-21-9-4-5-15(21)13-19-16(17)18-8-12-20-10-6-14(2)7-11-20/h14-15H,3-13H2,1-2H3,(H3,17,18,19). The van der Waals surface area contributed by atoms with Crippen molar-refractivity contribution in [2.24, 2.45) is 16.6 Å². The highest BCUT2D eigenvalue weighted by atomic mass is 15.2. The van der Waals surface area contributed by atoms with Gasteiger partial charge in [-0.2, -0.15) is 0 Å². The van der Waals surface area contributed by atoms with Crippen molar-refractivity contribution in [1.82, 2.24) is 15.1 Å². The lowest BCUT2D eigenvalue weighted by Gasteiger charge is -2.30. The second-order valence-electron chi connectivity index (χ2n) is 6.60. The third kappa shape index (κ3) is 5.47. The van der Waals surface area contributed by atoms with Gasteiger partial charge in [-0.05, 0) is 57.8 Å². The van der Waals surface area contributed by atoms with E-state index in [4.69, 9.17) is 5.73 Å². The maximum absolute atomic E-state index is 5.98. The van der Waals surface area contributed by atoms with E-state index in [9.17, 15) is 0 Å². The Bertz CT molecular complexity index is 323. The van der Waals surface area contributed by atoms with Crippen LogP contribution < -0.4 is 11.1 Å². The molecule has 2 saturated heterocycles. The van der Waals surface area contributed by atoms with Gasteiger partial charge in [0.1, 0.15) is 0 Å². The van der Waals surface area contributed by atoms with Crippen LogP contribution in [-0.2, 0) is 0 Å². The second-order valence-corrected chi connectivity index (χ2v) is 6.60. The molecule has 0 amide bonds. The van der Waals surface area contributed by atoms with Gasteiger partial charge in [-0.25, -0.2) is 0 Å². The molecule has 0 aromatic rings. The van der Waals surface area contributed by atoms with Crippen molar-refractivity contribution >= 4 is 5.96 Å². The van der Waals surface area contributed by atoms with Gasteiger partial charge < -0.3 is 16.0 Å². The predicted octanol–water partition coefficient (Wildman–Crippen LogP) is 1.11. The lowest BCUT2D eigenvalue weighted by atomic mass is 9.99. The van der Waals surface area contributed by atoms with Crippen molar-refractivity contribution in [2.45, 2.75) is 45.6 Å². The molecular weight excluding hydrogens is 262 g/mol. The van der Waals surface area contributed by atoms with Crippen LogP contribution in [0.15, 0.2) is 4.99 Å². The number of nitrogens with two attached hydrogens (primary N) is 1. The van der Waals surface area contributed by atoms with Crippen molar-refractivity contribution in [2.75, 3.05) is 45.8 Å². The van der Waals surface area contributed by atoms with E-state index in [2.05, 4.69) is 34.0 Å². The van der Waals surface area contributed by atoms with Crippen molar-refractivity contribution in [3.63, 3.8) is 0 Å². The Balaban J connectivity index is 1.60. The molecule has 2 fully saturated rings. The minimum atomic E-state index is 0.596. The van der Waals surface area contributed by atoms with Gasteiger partial charge in [0.25, 0.3) is 0 Å². The summed E-state index contributed by atoms with van der Waals surface area (Å²) in [4.78, 5) is 9.55. The van der Waals surface area contributed by atoms with Crippen LogP contribution in [0.2, 0.25) is 0 Å². The molecule has 1 unspecified atom stereocenters. The molecule has 0 aromatic carbocycles. The Morgan fingerprint density at radius 3 is 2.71 bits per heavy atom. The predicted molar refractivity (Wildman–Crippen MR) is 89.6 cm³/mol. The van der Waals surface area contributed by atoms with Crippen LogP contribution in [0, 0.1) is 5.92 Å². The molecule has 2 aliphatic rings. The summed E-state index contributed by atoms with van der Waals surface area (Å²) in [5, 5.41) is 3.27. The molecule has 0 bridgehead atoms. The van der Waals surface area contributed by atoms with Crippen molar-refractivity contribution in [1.29, 1.82) is 0 Å². The Kier molecular flexibility index (Phi) is 6.77. The van der Waals surface area contributed by atoms with Crippen LogP contribution >= 0.6 is 0 Å². The monoisotopic (exact) mass is 295 g/mol. The van der Waals surface area contributed by atoms with Crippen LogP contribution in [0.4, 0.5) is 0 Å². The van der Waals surface area contributed by atoms with Gasteiger partial charge in [0, 0.05) is 19.1 Å². The lowest BCUT2D eigenvalue weighted by Crippen LogP contribution is -2.42. The fraction of sp³-hybridized carbons (Fsp3) is 0.938. The van der Waals surface area contributed by atoms with E-state index in [1.807, 2.05) is 0 Å². The quantitative estimate of drug-likeness (QED) is 0.569. The average Bonchev–Trinajstić information content (AvgIpc) is 2.95. The van der Waals surface area contributed by atoms with Gasteiger partial charge in [0.05, 0.1) is 6.54 Å². The SMILES string of the molecule is CCN1CCCC1CN=C(N)NCCN1CCC(C)CC1. The number of hydrogen-bond donors (Lipinski definition) is 2. The highest BCUT2D eigenvalue weighted by molar-refractivity contribution is 5.77. The molecule has 5 nitrogen and oxygen atoms in total. The maximum Gasteiger partial charge on any atom is 0.188 e. The molecule has 0 saturated carbocycles. The number of nitrogens with zero attached hydrogens (tertiary/aromatic N) is 3. The summed E-state index contributed by atoms with van der Waals surface area (Å²) < 4.78 is 0. The first-order valence-corrected chi connectivity index (χ1v) is 8.69. The summed E-state index contributed by atoms with van der Waals surface area (Å²) in [6, 6.07) is 0.596. The van der Waals surface area contributed by atoms with Gasteiger partial charge in [-0.1, -0.05) is 13.8 Å².